The van der Waals surface area contributed by atoms with Gasteiger partial charge in [0.2, 0.25) is 0 Å². The molecular formula is C12H13BrN4. The van der Waals surface area contributed by atoms with Crippen molar-refractivity contribution in [2.45, 2.75) is 25.4 Å². The zero-order valence-electron chi connectivity index (χ0n) is 9.28. The molecule has 2 aromatic rings. The number of rotatable bonds is 4. The van der Waals surface area contributed by atoms with Crippen molar-refractivity contribution in [1.29, 1.82) is 0 Å². The van der Waals surface area contributed by atoms with Gasteiger partial charge in [-0.05, 0) is 40.9 Å². The number of hydrogen-bond acceptors (Lipinski definition) is 3. The predicted molar refractivity (Wildman–Crippen MR) is 69.4 cm³/mol. The van der Waals surface area contributed by atoms with Crippen molar-refractivity contribution in [3.63, 3.8) is 0 Å². The lowest BCUT2D eigenvalue weighted by molar-refractivity contribution is 0.677. The first-order valence-corrected chi connectivity index (χ1v) is 6.50. The Morgan fingerprint density at radius 1 is 1.29 bits per heavy atom. The van der Waals surface area contributed by atoms with Gasteiger partial charge in [0.05, 0.1) is 6.20 Å². The lowest BCUT2D eigenvalue weighted by Gasteiger charge is -1.99. The van der Waals surface area contributed by atoms with Crippen LogP contribution in [0.25, 0.3) is 11.5 Å². The molecule has 2 heterocycles. The summed E-state index contributed by atoms with van der Waals surface area (Å²) < 4.78 is 0.975. The Kier molecular flexibility index (Phi) is 2.94. The lowest BCUT2D eigenvalue weighted by atomic mass is 10.3. The van der Waals surface area contributed by atoms with Gasteiger partial charge in [0.25, 0.3) is 0 Å². The molecule has 0 radical (unpaired) electrons. The van der Waals surface area contributed by atoms with E-state index < -0.39 is 0 Å². The summed E-state index contributed by atoms with van der Waals surface area (Å²) in [4.78, 5) is 11.9. The van der Waals surface area contributed by atoms with Crippen LogP contribution in [0, 0.1) is 0 Å². The molecule has 1 aliphatic rings. The van der Waals surface area contributed by atoms with Gasteiger partial charge in [-0.2, -0.15) is 0 Å². The zero-order valence-corrected chi connectivity index (χ0v) is 10.9. The Morgan fingerprint density at radius 3 is 2.88 bits per heavy atom. The van der Waals surface area contributed by atoms with E-state index in [9.17, 15) is 0 Å². The minimum Gasteiger partial charge on any atom is -0.339 e. The summed E-state index contributed by atoms with van der Waals surface area (Å²) >= 11 is 3.37. The Hall–Kier alpha value is -1.20. The number of hydrogen-bond donors (Lipinski definition) is 2. The fourth-order valence-electron chi connectivity index (χ4n) is 1.64. The molecular weight excluding hydrogens is 280 g/mol. The largest absolute Gasteiger partial charge is 0.339 e. The van der Waals surface area contributed by atoms with Crippen LogP contribution in [-0.2, 0) is 6.54 Å². The van der Waals surface area contributed by atoms with Gasteiger partial charge in [-0.25, -0.2) is 4.98 Å². The fraction of sp³-hybridized carbons (Fsp3) is 0.333. The average molecular weight is 293 g/mol. The summed E-state index contributed by atoms with van der Waals surface area (Å²) in [6.45, 7) is 0.855. The summed E-state index contributed by atoms with van der Waals surface area (Å²) in [6.07, 6.45) is 6.25. The van der Waals surface area contributed by atoms with Crippen LogP contribution >= 0.6 is 15.9 Å². The topological polar surface area (TPSA) is 53.6 Å². The molecule has 88 valence electrons. The van der Waals surface area contributed by atoms with E-state index in [1.807, 2.05) is 18.3 Å². The van der Waals surface area contributed by atoms with Crippen molar-refractivity contribution in [3.8, 4) is 11.5 Å². The van der Waals surface area contributed by atoms with E-state index in [0.29, 0.717) is 6.04 Å². The highest BCUT2D eigenvalue weighted by molar-refractivity contribution is 9.10. The van der Waals surface area contributed by atoms with Crippen molar-refractivity contribution in [2.24, 2.45) is 0 Å². The molecule has 0 atom stereocenters. The summed E-state index contributed by atoms with van der Waals surface area (Å²) in [7, 11) is 0. The Bertz CT molecular complexity index is 501. The molecule has 5 heteroatoms. The number of nitrogens with one attached hydrogen (secondary N) is 2. The highest BCUT2D eigenvalue weighted by Crippen LogP contribution is 2.20. The second-order valence-corrected chi connectivity index (χ2v) is 5.19. The maximum atomic E-state index is 4.34. The second kappa shape index (κ2) is 4.58. The van der Waals surface area contributed by atoms with Crippen LogP contribution in [0.1, 0.15) is 18.5 Å². The minimum atomic E-state index is 0.715. The highest BCUT2D eigenvalue weighted by atomic mass is 79.9. The number of aromatic nitrogens is 3. The van der Waals surface area contributed by atoms with Gasteiger partial charge in [-0.1, -0.05) is 0 Å². The molecule has 2 N–H and O–H groups in total. The molecule has 0 spiro atoms. The molecule has 0 bridgehead atoms. The van der Waals surface area contributed by atoms with Crippen LogP contribution < -0.4 is 5.32 Å². The smallest absolute Gasteiger partial charge is 0.156 e. The second-order valence-electron chi connectivity index (χ2n) is 4.27. The molecule has 2 aromatic heterocycles. The number of H-pyrrole nitrogens is 1. The molecule has 1 fully saturated rings. The first kappa shape index (κ1) is 10.9. The van der Waals surface area contributed by atoms with Crippen LogP contribution in [0.4, 0.5) is 0 Å². The SMILES string of the molecule is Brc1ccc(-c2ncc(CNC3CC3)[nH]2)nc1. The van der Waals surface area contributed by atoms with Gasteiger partial charge in [-0.15, -0.1) is 0 Å². The third-order valence-electron chi connectivity index (χ3n) is 2.76. The van der Waals surface area contributed by atoms with E-state index in [1.165, 1.54) is 12.8 Å². The molecule has 4 nitrogen and oxygen atoms in total. The predicted octanol–water partition coefficient (Wildman–Crippen LogP) is 2.49. The first-order chi connectivity index (χ1) is 8.31. The Labute approximate surface area is 108 Å². The summed E-state index contributed by atoms with van der Waals surface area (Å²) in [5.41, 5.74) is 1.97. The van der Waals surface area contributed by atoms with Crippen LogP contribution in [0.15, 0.2) is 29.0 Å². The van der Waals surface area contributed by atoms with Crippen molar-refractivity contribution < 1.29 is 0 Å². The van der Waals surface area contributed by atoms with Gasteiger partial charge in [0, 0.05) is 29.0 Å². The van der Waals surface area contributed by atoms with Crippen LogP contribution in [-0.4, -0.2) is 21.0 Å². The maximum absolute atomic E-state index is 4.34. The Balaban J connectivity index is 1.72. The summed E-state index contributed by atoms with van der Waals surface area (Å²) in [5, 5.41) is 3.45. The van der Waals surface area contributed by atoms with E-state index in [2.05, 4.69) is 36.2 Å². The van der Waals surface area contributed by atoms with E-state index in [0.717, 1.165) is 28.2 Å². The third-order valence-corrected chi connectivity index (χ3v) is 3.23. The van der Waals surface area contributed by atoms with Crippen molar-refractivity contribution >= 4 is 15.9 Å². The first-order valence-electron chi connectivity index (χ1n) is 5.70. The van der Waals surface area contributed by atoms with E-state index >= 15 is 0 Å². The van der Waals surface area contributed by atoms with Crippen molar-refractivity contribution in [1.82, 2.24) is 20.3 Å². The average Bonchev–Trinajstić information content (AvgIpc) is 3.06. The van der Waals surface area contributed by atoms with Gasteiger partial charge in [0.1, 0.15) is 5.69 Å². The van der Waals surface area contributed by atoms with Crippen molar-refractivity contribution in [3.05, 3.63) is 34.7 Å². The molecule has 0 unspecified atom stereocenters. The molecule has 17 heavy (non-hydrogen) atoms. The molecule has 0 saturated heterocycles. The lowest BCUT2D eigenvalue weighted by Crippen LogP contribution is -2.15. The van der Waals surface area contributed by atoms with Crippen LogP contribution in [0.2, 0.25) is 0 Å². The Morgan fingerprint density at radius 2 is 2.18 bits per heavy atom. The normalized spacial score (nSPS) is 15.1. The van der Waals surface area contributed by atoms with Gasteiger partial charge in [0.15, 0.2) is 5.82 Å². The number of pyridine rings is 1. The number of aromatic amines is 1. The molecule has 0 aromatic carbocycles. The molecule has 3 rings (SSSR count). The van der Waals surface area contributed by atoms with E-state index in [-0.39, 0.29) is 0 Å². The number of imidazole rings is 1. The summed E-state index contributed by atoms with van der Waals surface area (Å²) in [5.74, 6) is 0.824. The maximum Gasteiger partial charge on any atom is 0.156 e. The van der Waals surface area contributed by atoms with Crippen LogP contribution in [0.3, 0.4) is 0 Å². The van der Waals surface area contributed by atoms with Gasteiger partial charge in [-0.3, -0.25) is 4.98 Å². The molecule has 1 aliphatic carbocycles. The standard InChI is InChI=1S/C12H13BrN4/c13-8-1-4-11(15-5-8)12-16-7-10(17-12)6-14-9-2-3-9/h1,4-5,7,9,14H,2-3,6H2,(H,16,17). The summed E-state index contributed by atoms with van der Waals surface area (Å²) in [6, 6.07) is 4.63. The quantitative estimate of drug-likeness (QED) is 0.910. The van der Waals surface area contributed by atoms with Crippen molar-refractivity contribution in [2.75, 3.05) is 0 Å². The fourth-order valence-corrected chi connectivity index (χ4v) is 1.87. The monoisotopic (exact) mass is 292 g/mol. The zero-order chi connectivity index (χ0) is 11.7. The molecule has 1 saturated carbocycles. The highest BCUT2D eigenvalue weighted by Gasteiger charge is 2.20. The molecule has 0 amide bonds. The van der Waals surface area contributed by atoms with Crippen LogP contribution in [0.5, 0.6) is 0 Å². The number of halogens is 1. The van der Waals surface area contributed by atoms with E-state index in [1.54, 1.807) is 6.20 Å². The number of nitrogens with zero attached hydrogens (tertiary/aromatic N) is 2. The van der Waals surface area contributed by atoms with E-state index in [4.69, 9.17) is 0 Å². The van der Waals surface area contributed by atoms with Gasteiger partial charge >= 0.3 is 0 Å². The third kappa shape index (κ3) is 2.73. The molecule has 0 aliphatic heterocycles. The van der Waals surface area contributed by atoms with Gasteiger partial charge < -0.3 is 10.3 Å². The minimum absolute atomic E-state index is 0.715.